The van der Waals surface area contributed by atoms with Gasteiger partial charge in [-0.15, -0.1) is 0 Å². The number of benzene rings is 2. The lowest BCUT2D eigenvalue weighted by Crippen LogP contribution is -2.12. The molecule has 0 saturated carbocycles. The average molecular weight is 297 g/mol. The average Bonchev–Trinajstić information content (AvgIpc) is 2.57. The molecule has 4 nitrogen and oxygen atoms in total. The third-order valence-electron chi connectivity index (χ3n) is 3.21. The van der Waals surface area contributed by atoms with E-state index in [1.54, 1.807) is 19.1 Å². The molecule has 0 unspecified atom stereocenters. The molecule has 0 aliphatic rings. The van der Waals surface area contributed by atoms with Crippen molar-refractivity contribution in [3.05, 3.63) is 60.2 Å². The molecular weight excluding hydrogens is 276 g/mol. The van der Waals surface area contributed by atoms with Crippen molar-refractivity contribution in [1.82, 2.24) is 0 Å². The molecule has 0 spiro atoms. The lowest BCUT2D eigenvalue weighted by Gasteiger charge is -2.04. The van der Waals surface area contributed by atoms with Crippen LogP contribution in [0, 0.1) is 0 Å². The van der Waals surface area contributed by atoms with Crippen molar-refractivity contribution >= 4 is 23.7 Å². The van der Waals surface area contributed by atoms with Crippen molar-refractivity contribution in [1.29, 1.82) is 0 Å². The first-order valence-corrected chi connectivity index (χ1v) is 7.43. The van der Waals surface area contributed by atoms with Gasteiger partial charge < -0.3 is 4.74 Å². The molecule has 1 N–H and O–H groups in total. The van der Waals surface area contributed by atoms with E-state index >= 15 is 0 Å². The largest absolute Gasteiger partial charge is 0.462 e. The molecule has 0 atom stereocenters. The molecule has 0 aromatic heterocycles. The van der Waals surface area contributed by atoms with Gasteiger partial charge in [0, 0.05) is 0 Å². The van der Waals surface area contributed by atoms with E-state index < -0.39 is 0 Å². The Balaban J connectivity index is 2.07. The van der Waals surface area contributed by atoms with Gasteiger partial charge in [0.15, 0.2) is 0 Å². The van der Waals surface area contributed by atoms with E-state index in [2.05, 4.69) is 28.9 Å². The number of ether oxygens (including phenoxy) is 1. The number of carbonyl (C=O) groups is 1. The van der Waals surface area contributed by atoms with Crippen molar-refractivity contribution in [2.75, 3.05) is 18.5 Å². The highest BCUT2D eigenvalue weighted by Gasteiger charge is 2.07. The number of rotatable bonds is 6. The van der Waals surface area contributed by atoms with E-state index in [0.717, 1.165) is 17.9 Å². The first-order valence-electron chi connectivity index (χ1n) is 7.43. The van der Waals surface area contributed by atoms with Crippen LogP contribution >= 0.6 is 0 Å². The molecule has 0 saturated heterocycles. The highest BCUT2D eigenvalue weighted by atomic mass is 16.5. The Bertz CT molecular complexity index is 634. The Hall–Kier alpha value is -2.62. The van der Waals surface area contributed by atoms with E-state index in [1.807, 2.05) is 36.7 Å². The first-order chi connectivity index (χ1) is 10.7. The van der Waals surface area contributed by atoms with Crippen LogP contribution in [0.15, 0.2) is 54.6 Å². The number of hydrogen-bond acceptors (Lipinski definition) is 2. The molecule has 0 bridgehead atoms. The van der Waals surface area contributed by atoms with Crippen LogP contribution in [0.1, 0.15) is 24.2 Å². The number of nitrogens with zero attached hydrogens (tertiary/aromatic N) is 1. The van der Waals surface area contributed by atoms with Gasteiger partial charge in [0.2, 0.25) is 6.34 Å². The fraction of sp³-hybridized carbons (Fsp3) is 0.222. The number of nitrogens with one attached hydrogen (secondary N) is 1. The topological polar surface area (TPSA) is 41.3 Å². The number of para-hydroxylation sites is 1. The minimum Gasteiger partial charge on any atom is -0.462 e. The van der Waals surface area contributed by atoms with E-state index in [9.17, 15) is 4.79 Å². The maximum atomic E-state index is 11.6. The van der Waals surface area contributed by atoms with Crippen molar-refractivity contribution in [2.24, 2.45) is 0 Å². The van der Waals surface area contributed by atoms with Gasteiger partial charge in [-0.25, -0.2) is 14.7 Å². The summed E-state index contributed by atoms with van der Waals surface area (Å²) in [5, 5.41) is 3.24. The highest BCUT2D eigenvalue weighted by molar-refractivity contribution is 5.90. The lowest BCUT2D eigenvalue weighted by molar-refractivity contribution is -0.431. The second kappa shape index (κ2) is 7.98. The van der Waals surface area contributed by atoms with Crippen molar-refractivity contribution < 1.29 is 14.1 Å². The van der Waals surface area contributed by atoms with Crippen LogP contribution in [0.25, 0.3) is 0 Å². The lowest BCUT2D eigenvalue weighted by atomic mass is 10.2. The van der Waals surface area contributed by atoms with Crippen LogP contribution in [-0.4, -0.2) is 30.0 Å². The van der Waals surface area contributed by atoms with Gasteiger partial charge in [0.05, 0.1) is 18.7 Å². The summed E-state index contributed by atoms with van der Waals surface area (Å²) < 4.78 is 7.08. The fourth-order valence-electron chi connectivity index (χ4n) is 2.04. The van der Waals surface area contributed by atoms with Crippen LogP contribution in [0.5, 0.6) is 0 Å². The predicted molar refractivity (Wildman–Crippen MR) is 89.0 cm³/mol. The summed E-state index contributed by atoms with van der Waals surface area (Å²) >= 11 is 0. The van der Waals surface area contributed by atoms with Crippen molar-refractivity contribution in [2.45, 2.75) is 13.8 Å². The van der Waals surface area contributed by atoms with Gasteiger partial charge in [-0.3, -0.25) is 0 Å². The molecule has 4 heteroatoms. The zero-order valence-corrected chi connectivity index (χ0v) is 13.0. The summed E-state index contributed by atoms with van der Waals surface area (Å²) in [5.41, 5.74) is 2.60. The smallest absolute Gasteiger partial charge is 0.338 e. The number of anilines is 1. The summed E-state index contributed by atoms with van der Waals surface area (Å²) in [5.74, 6) is -0.294. The molecule has 0 fully saturated rings. The minimum atomic E-state index is -0.294. The summed E-state index contributed by atoms with van der Waals surface area (Å²) in [6.07, 6.45) is 1.93. The number of carbonyl (C=O) groups excluding carboxylic acids is 1. The van der Waals surface area contributed by atoms with Gasteiger partial charge >= 0.3 is 5.97 Å². The van der Waals surface area contributed by atoms with Gasteiger partial charge in [0.25, 0.3) is 0 Å². The molecule has 0 aliphatic carbocycles. The third kappa shape index (κ3) is 4.19. The molecule has 2 aromatic carbocycles. The minimum absolute atomic E-state index is 0.294. The van der Waals surface area contributed by atoms with Gasteiger partial charge in [-0.1, -0.05) is 18.2 Å². The predicted octanol–water partition coefficient (Wildman–Crippen LogP) is 3.67. The standard InChI is InChI=1S/C18H20N2O2/c1-3-20(17-8-6-5-7-9-17)14-19-16-12-10-15(11-13-16)18(21)22-4-2/h5-14H,3-4H2,1-2H3/p+1. The molecule has 2 aromatic rings. The molecular formula is C18H21N2O2+. The van der Waals surface area contributed by atoms with Crippen LogP contribution in [0.3, 0.4) is 0 Å². The second-order valence-electron chi connectivity index (χ2n) is 4.69. The Kier molecular flexibility index (Phi) is 5.72. The highest BCUT2D eigenvalue weighted by Crippen LogP contribution is 2.12. The molecule has 0 aliphatic heterocycles. The summed E-state index contributed by atoms with van der Waals surface area (Å²) in [7, 11) is 0. The van der Waals surface area contributed by atoms with Crippen LogP contribution in [0.4, 0.5) is 11.4 Å². The van der Waals surface area contributed by atoms with E-state index in [4.69, 9.17) is 4.74 Å². The summed E-state index contributed by atoms with van der Waals surface area (Å²) in [4.78, 5) is 11.6. The SMILES string of the molecule is CCOC(=O)c1ccc(NC=[N+](CC)c2ccccc2)cc1. The second-order valence-corrected chi connectivity index (χ2v) is 4.69. The van der Waals surface area contributed by atoms with Crippen LogP contribution in [0.2, 0.25) is 0 Å². The first kappa shape index (κ1) is 15.8. The number of hydrogen-bond donors (Lipinski definition) is 1. The van der Waals surface area contributed by atoms with E-state index in [0.29, 0.717) is 12.2 Å². The Labute approximate surface area is 131 Å². The van der Waals surface area contributed by atoms with Gasteiger partial charge in [-0.2, -0.15) is 0 Å². The summed E-state index contributed by atoms with van der Waals surface area (Å²) in [6, 6.07) is 17.4. The Morgan fingerprint density at radius 2 is 1.77 bits per heavy atom. The molecule has 22 heavy (non-hydrogen) atoms. The van der Waals surface area contributed by atoms with Crippen LogP contribution < -0.4 is 5.32 Å². The van der Waals surface area contributed by atoms with Gasteiger partial charge in [-0.05, 0) is 50.2 Å². The molecule has 0 amide bonds. The molecule has 2 rings (SSSR count). The third-order valence-corrected chi connectivity index (χ3v) is 3.21. The maximum Gasteiger partial charge on any atom is 0.338 e. The monoisotopic (exact) mass is 297 g/mol. The zero-order chi connectivity index (χ0) is 15.8. The molecule has 114 valence electrons. The summed E-state index contributed by atoms with van der Waals surface area (Å²) in [6.45, 7) is 5.13. The fourth-order valence-corrected chi connectivity index (χ4v) is 2.04. The quantitative estimate of drug-likeness (QED) is 0.383. The molecule has 0 radical (unpaired) electrons. The van der Waals surface area contributed by atoms with E-state index in [1.165, 1.54) is 0 Å². The normalized spacial score (nSPS) is 11.1. The van der Waals surface area contributed by atoms with Crippen LogP contribution in [-0.2, 0) is 4.74 Å². The maximum absolute atomic E-state index is 11.6. The van der Waals surface area contributed by atoms with Gasteiger partial charge in [0.1, 0.15) is 11.4 Å². The Morgan fingerprint density at radius 1 is 1.09 bits per heavy atom. The van der Waals surface area contributed by atoms with Crippen molar-refractivity contribution in [3.8, 4) is 0 Å². The zero-order valence-electron chi connectivity index (χ0n) is 13.0. The van der Waals surface area contributed by atoms with E-state index in [-0.39, 0.29) is 5.97 Å². The molecule has 0 heterocycles. The number of esters is 1. The van der Waals surface area contributed by atoms with Crippen molar-refractivity contribution in [3.63, 3.8) is 0 Å². The Morgan fingerprint density at radius 3 is 2.36 bits per heavy atom.